The van der Waals surface area contributed by atoms with Crippen molar-refractivity contribution in [2.24, 2.45) is 0 Å². The maximum absolute atomic E-state index is 12.3. The van der Waals surface area contributed by atoms with Gasteiger partial charge in [-0.25, -0.2) is 0 Å². The molecule has 1 saturated heterocycles. The molecule has 0 aromatic heterocycles. The van der Waals surface area contributed by atoms with E-state index in [1.54, 1.807) is 4.90 Å². The van der Waals surface area contributed by atoms with Crippen LogP contribution in [0.15, 0.2) is 18.2 Å². The molecule has 0 atom stereocenters. The summed E-state index contributed by atoms with van der Waals surface area (Å²) < 4.78 is 28.8. The van der Waals surface area contributed by atoms with Gasteiger partial charge >= 0.3 is 6.61 Å². The number of halogens is 2. The van der Waals surface area contributed by atoms with E-state index in [2.05, 4.69) is 9.64 Å². The molecule has 110 valence electrons. The van der Waals surface area contributed by atoms with E-state index in [4.69, 9.17) is 5.73 Å². The summed E-state index contributed by atoms with van der Waals surface area (Å²) in [6, 6.07) is 4.19. The zero-order chi connectivity index (χ0) is 14.7. The Morgan fingerprint density at radius 1 is 1.30 bits per heavy atom. The number of alkyl halides is 2. The molecule has 1 amide bonds. The number of hydrogen-bond acceptors (Lipinski definition) is 4. The highest BCUT2D eigenvalue weighted by Crippen LogP contribution is 2.25. The Morgan fingerprint density at radius 2 is 1.95 bits per heavy atom. The lowest BCUT2D eigenvalue weighted by molar-refractivity contribution is -0.0493. The molecule has 1 aromatic carbocycles. The van der Waals surface area contributed by atoms with Gasteiger partial charge in [0.1, 0.15) is 5.75 Å². The van der Waals surface area contributed by atoms with Gasteiger partial charge in [-0.3, -0.25) is 4.79 Å². The molecular weight excluding hydrogens is 268 g/mol. The number of nitrogen functional groups attached to an aromatic ring is 1. The van der Waals surface area contributed by atoms with Crippen LogP contribution < -0.4 is 10.5 Å². The van der Waals surface area contributed by atoms with Gasteiger partial charge in [-0.05, 0) is 25.2 Å². The molecule has 7 heteroatoms. The van der Waals surface area contributed by atoms with E-state index in [9.17, 15) is 13.6 Å². The molecule has 0 saturated carbocycles. The first-order chi connectivity index (χ1) is 9.47. The van der Waals surface area contributed by atoms with Gasteiger partial charge in [0.25, 0.3) is 5.91 Å². The molecule has 0 spiro atoms. The monoisotopic (exact) mass is 285 g/mol. The molecule has 0 unspecified atom stereocenters. The van der Waals surface area contributed by atoms with Crippen LogP contribution in [0.3, 0.4) is 0 Å². The fraction of sp³-hybridized carbons (Fsp3) is 0.462. The summed E-state index contributed by atoms with van der Waals surface area (Å²) in [5.74, 6) is -0.364. The van der Waals surface area contributed by atoms with E-state index in [0.717, 1.165) is 13.1 Å². The second-order valence-electron chi connectivity index (χ2n) is 4.73. The van der Waals surface area contributed by atoms with Crippen LogP contribution >= 0.6 is 0 Å². The summed E-state index contributed by atoms with van der Waals surface area (Å²) in [7, 11) is 1.99. The number of piperazine rings is 1. The minimum atomic E-state index is -2.97. The molecule has 20 heavy (non-hydrogen) atoms. The first-order valence-electron chi connectivity index (χ1n) is 6.29. The number of carbonyl (C=O) groups excluding carboxylic acids is 1. The van der Waals surface area contributed by atoms with Crippen LogP contribution in [-0.2, 0) is 0 Å². The molecule has 1 aliphatic heterocycles. The zero-order valence-electron chi connectivity index (χ0n) is 11.2. The van der Waals surface area contributed by atoms with Crippen molar-refractivity contribution in [2.75, 3.05) is 39.0 Å². The molecule has 1 fully saturated rings. The third-order valence-electron chi connectivity index (χ3n) is 3.27. The molecule has 1 aromatic rings. The Bertz CT molecular complexity index is 489. The first kappa shape index (κ1) is 14.5. The molecular formula is C13H17F2N3O2. The summed E-state index contributed by atoms with van der Waals surface area (Å²) in [5, 5.41) is 0. The number of amides is 1. The lowest BCUT2D eigenvalue weighted by Gasteiger charge is -2.32. The number of nitrogens with zero attached hydrogens (tertiary/aromatic N) is 2. The molecule has 5 nitrogen and oxygen atoms in total. The van der Waals surface area contributed by atoms with Crippen molar-refractivity contribution >= 4 is 11.6 Å². The molecule has 1 heterocycles. The highest BCUT2D eigenvalue weighted by molar-refractivity contribution is 5.95. The summed E-state index contributed by atoms with van der Waals surface area (Å²) in [6.07, 6.45) is 0. The lowest BCUT2D eigenvalue weighted by Crippen LogP contribution is -2.47. The normalized spacial score (nSPS) is 16.5. The minimum absolute atomic E-state index is 0.0835. The van der Waals surface area contributed by atoms with Crippen LogP contribution in [0.25, 0.3) is 0 Å². The fourth-order valence-corrected chi connectivity index (χ4v) is 2.06. The highest BCUT2D eigenvalue weighted by Gasteiger charge is 2.21. The van der Waals surface area contributed by atoms with Gasteiger partial charge in [0.2, 0.25) is 0 Å². The lowest BCUT2D eigenvalue weighted by atomic mass is 10.1. The number of rotatable bonds is 3. The summed E-state index contributed by atoms with van der Waals surface area (Å²) in [6.45, 7) is -0.149. The van der Waals surface area contributed by atoms with Crippen LogP contribution in [0.2, 0.25) is 0 Å². The Kier molecular flexibility index (Phi) is 4.39. The Balaban J connectivity index is 2.13. The van der Waals surface area contributed by atoms with Crippen LogP contribution in [-0.4, -0.2) is 55.5 Å². The fourth-order valence-electron chi connectivity index (χ4n) is 2.06. The van der Waals surface area contributed by atoms with Crippen molar-refractivity contribution in [2.45, 2.75) is 6.61 Å². The zero-order valence-corrected chi connectivity index (χ0v) is 11.2. The third-order valence-corrected chi connectivity index (χ3v) is 3.27. The Morgan fingerprint density at radius 3 is 2.55 bits per heavy atom. The third kappa shape index (κ3) is 3.36. The SMILES string of the molecule is CN1CCN(C(=O)c2ccc(N)c(OC(F)F)c2)CC1. The maximum atomic E-state index is 12.3. The maximum Gasteiger partial charge on any atom is 0.387 e. The van der Waals surface area contributed by atoms with Crippen molar-refractivity contribution in [1.29, 1.82) is 0 Å². The average Bonchev–Trinajstić information content (AvgIpc) is 2.41. The van der Waals surface area contributed by atoms with Crippen molar-refractivity contribution in [1.82, 2.24) is 9.80 Å². The van der Waals surface area contributed by atoms with Gasteiger partial charge in [0.15, 0.2) is 0 Å². The van der Waals surface area contributed by atoms with Gasteiger partial charge in [0.05, 0.1) is 5.69 Å². The number of carbonyl (C=O) groups is 1. The van der Waals surface area contributed by atoms with E-state index in [-0.39, 0.29) is 17.3 Å². The van der Waals surface area contributed by atoms with Crippen molar-refractivity contribution < 1.29 is 18.3 Å². The molecule has 0 radical (unpaired) electrons. The van der Waals surface area contributed by atoms with Gasteiger partial charge in [-0.2, -0.15) is 8.78 Å². The highest BCUT2D eigenvalue weighted by atomic mass is 19.3. The van der Waals surface area contributed by atoms with Gasteiger partial charge in [0, 0.05) is 31.7 Å². The second kappa shape index (κ2) is 6.04. The molecule has 0 bridgehead atoms. The Hall–Kier alpha value is -1.89. The van der Waals surface area contributed by atoms with Crippen LogP contribution in [0, 0.1) is 0 Å². The molecule has 1 aliphatic rings. The topological polar surface area (TPSA) is 58.8 Å². The van der Waals surface area contributed by atoms with Gasteiger partial charge < -0.3 is 20.3 Å². The summed E-state index contributed by atoms with van der Waals surface area (Å²) in [5.41, 5.74) is 5.93. The van der Waals surface area contributed by atoms with E-state index >= 15 is 0 Å². The quantitative estimate of drug-likeness (QED) is 0.849. The van der Waals surface area contributed by atoms with Crippen molar-refractivity contribution in [3.63, 3.8) is 0 Å². The van der Waals surface area contributed by atoms with Crippen LogP contribution in [0.5, 0.6) is 5.75 Å². The molecule has 0 aliphatic carbocycles. The molecule has 2 rings (SSSR count). The number of likely N-dealkylation sites (N-methyl/N-ethyl adjacent to an activating group) is 1. The van der Waals surface area contributed by atoms with Crippen LogP contribution in [0.1, 0.15) is 10.4 Å². The average molecular weight is 285 g/mol. The van der Waals surface area contributed by atoms with E-state index < -0.39 is 6.61 Å². The predicted molar refractivity (Wildman–Crippen MR) is 70.9 cm³/mol. The largest absolute Gasteiger partial charge is 0.433 e. The smallest absolute Gasteiger partial charge is 0.387 e. The van der Waals surface area contributed by atoms with E-state index in [1.807, 2.05) is 7.05 Å². The number of ether oxygens (including phenoxy) is 1. The van der Waals surface area contributed by atoms with E-state index in [1.165, 1.54) is 18.2 Å². The second-order valence-corrected chi connectivity index (χ2v) is 4.73. The van der Waals surface area contributed by atoms with Crippen molar-refractivity contribution in [3.8, 4) is 5.75 Å². The number of benzene rings is 1. The van der Waals surface area contributed by atoms with Gasteiger partial charge in [-0.15, -0.1) is 0 Å². The molecule has 2 N–H and O–H groups in total. The summed E-state index contributed by atoms with van der Waals surface area (Å²) >= 11 is 0. The predicted octanol–water partition coefficient (Wildman–Crippen LogP) is 1.26. The number of anilines is 1. The van der Waals surface area contributed by atoms with Crippen LogP contribution in [0.4, 0.5) is 14.5 Å². The van der Waals surface area contributed by atoms with Crippen molar-refractivity contribution in [3.05, 3.63) is 23.8 Å². The Labute approximate surface area is 115 Å². The summed E-state index contributed by atoms with van der Waals surface area (Å²) in [4.78, 5) is 16.1. The standard InChI is InChI=1S/C13H17F2N3O2/c1-17-4-6-18(7-5-17)12(19)9-2-3-10(16)11(8-9)20-13(14)15/h2-3,8,13H,4-7,16H2,1H3. The number of nitrogens with two attached hydrogens (primary N) is 1. The first-order valence-corrected chi connectivity index (χ1v) is 6.29. The number of hydrogen-bond donors (Lipinski definition) is 1. The van der Waals surface area contributed by atoms with Gasteiger partial charge in [-0.1, -0.05) is 0 Å². The minimum Gasteiger partial charge on any atom is -0.433 e. The van der Waals surface area contributed by atoms with E-state index in [0.29, 0.717) is 18.7 Å².